The van der Waals surface area contributed by atoms with E-state index in [1.54, 1.807) is 17.0 Å². The molecule has 4 rings (SSSR count). The van der Waals surface area contributed by atoms with Crippen molar-refractivity contribution in [2.75, 3.05) is 11.5 Å². The van der Waals surface area contributed by atoms with Gasteiger partial charge in [0.1, 0.15) is 12.4 Å². The van der Waals surface area contributed by atoms with Crippen molar-refractivity contribution in [3.05, 3.63) is 83.3 Å². The molecule has 202 valence electrons. The van der Waals surface area contributed by atoms with Crippen LogP contribution in [0.25, 0.3) is 5.57 Å². The van der Waals surface area contributed by atoms with Crippen LogP contribution >= 0.6 is 0 Å². The molecule has 8 heteroatoms. The molecule has 2 heterocycles. The summed E-state index contributed by atoms with van der Waals surface area (Å²) in [7, 11) is -2.45. The minimum absolute atomic E-state index is 0.0315. The average Bonchev–Trinajstić information content (AvgIpc) is 3.25. The van der Waals surface area contributed by atoms with E-state index in [0.717, 1.165) is 22.3 Å². The Labute approximate surface area is 225 Å². The van der Waals surface area contributed by atoms with E-state index in [-0.39, 0.29) is 23.4 Å². The zero-order valence-corrected chi connectivity index (χ0v) is 24.3. The van der Waals surface area contributed by atoms with Crippen molar-refractivity contribution in [1.29, 1.82) is 0 Å². The number of nitrogens with zero attached hydrogens (tertiary/aromatic N) is 2. The lowest BCUT2D eigenvalue weighted by Crippen LogP contribution is -2.57. The first-order valence-electron chi connectivity index (χ1n) is 12.9. The predicted octanol–water partition coefficient (Wildman–Crippen LogP) is 7.19. The molecule has 2 aliphatic heterocycles. The number of carbonyl (C=O) groups is 2. The summed E-state index contributed by atoms with van der Waals surface area (Å²) in [6.45, 7) is 18.3. The van der Waals surface area contributed by atoms with Crippen LogP contribution in [0.3, 0.4) is 0 Å². The largest absolute Gasteiger partial charge is 0.445 e. The Morgan fingerprint density at radius 2 is 1.79 bits per heavy atom. The standard InChI is InChI=1S/C30H37FN2O4Si/c1-9-14-36-29(35)33-25-16-20(3)19(2)15-24(25)27(34)32-18-22(21-10-12-23(31)13-11-21)17-26(32)28(33)37-38(7,8)30(4,5)6/h9-13,15-16,18,26,28H,1,14,17H2,2-8H3/t26-,28-/m0/s1. The number of rotatable bonds is 5. The normalized spacial score (nSPS) is 19.5. The molecule has 0 spiro atoms. The van der Waals surface area contributed by atoms with Gasteiger partial charge in [-0.05, 0) is 84.9 Å². The summed E-state index contributed by atoms with van der Waals surface area (Å²) in [5, 5.41) is -0.150. The lowest BCUT2D eigenvalue weighted by Gasteiger charge is -2.44. The number of amides is 2. The molecule has 0 radical (unpaired) electrons. The number of hydrogen-bond acceptors (Lipinski definition) is 4. The number of ether oxygens (including phenoxy) is 1. The molecule has 0 N–H and O–H groups in total. The summed E-state index contributed by atoms with van der Waals surface area (Å²) in [6.07, 6.45) is 2.38. The third-order valence-corrected chi connectivity index (χ3v) is 12.4. The Hall–Kier alpha value is -3.23. The van der Waals surface area contributed by atoms with Gasteiger partial charge in [0.05, 0.1) is 17.3 Å². The molecule has 2 aliphatic rings. The number of fused-ring (bicyclic) bond motifs is 2. The van der Waals surface area contributed by atoms with Gasteiger partial charge in [0, 0.05) is 6.20 Å². The Balaban J connectivity index is 1.92. The first-order chi connectivity index (χ1) is 17.7. The lowest BCUT2D eigenvalue weighted by atomic mass is 10.0. The second-order valence-electron chi connectivity index (χ2n) is 11.6. The predicted molar refractivity (Wildman–Crippen MR) is 151 cm³/mol. The smallest absolute Gasteiger partial charge is 0.416 e. The van der Waals surface area contributed by atoms with E-state index >= 15 is 0 Å². The van der Waals surface area contributed by atoms with Gasteiger partial charge in [-0.1, -0.05) is 45.6 Å². The Bertz CT molecular complexity index is 1300. The Kier molecular flexibility index (Phi) is 7.42. The third-order valence-electron chi connectivity index (χ3n) is 7.96. The SMILES string of the molecule is C=CCOC(=O)N1c2cc(C)c(C)cc2C(=O)N2C=C(c3ccc(F)cc3)C[C@H]2[C@@H]1O[Si](C)(C)C(C)(C)C. The maximum absolute atomic E-state index is 14.1. The highest BCUT2D eigenvalue weighted by Gasteiger charge is 2.50. The molecule has 38 heavy (non-hydrogen) atoms. The third kappa shape index (κ3) is 5.07. The number of benzene rings is 2. The first-order valence-corrected chi connectivity index (χ1v) is 15.8. The number of anilines is 1. The first kappa shape index (κ1) is 27.8. The molecular formula is C30H37FN2O4Si. The summed E-state index contributed by atoms with van der Waals surface area (Å²) in [4.78, 5) is 31.0. The van der Waals surface area contributed by atoms with E-state index in [9.17, 15) is 14.0 Å². The number of halogens is 1. The van der Waals surface area contributed by atoms with Crippen molar-refractivity contribution in [2.24, 2.45) is 0 Å². The van der Waals surface area contributed by atoms with Crippen LogP contribution in [-0.4, -0.2) is 44.1 Å². The van der Waals surface area contributed by atoms with Gasteiger partial charge in [-0.2, -0.15) is 0 Å². The molecule has 2 aromatic carbocycles. The van der Waals surface area contributed by atoms with E-state index in [2.05, 4.69) is 40.4 Å². The maximum Gasteiger partial charge on any atom is 0.416 e. The molecule has 0 saturated heterocycles. The van der Waals surface area contributed by atoms with Gasteiger partial charge in [0.2, 0.25) is 0 Å². The second kappa shape index (κ2) is 10.1. The molecule has 0 aliphatic carbocycles. The minimum Gasteiger partial charge on any atom is -0.445 e. The summed E-state index contributed by atoms with van der Waals surface area (Å²) in [6, 6.07) is 9.43. The van der Waals surface area contributed by atoms with Crippen molar-refractivity contribution in [1.82, 2.24) is 4.90 Å². The van der Waals surface area contributed by atoms with Crippen LogP contribution in [0.15, 0.2) is 55.3 Å². The zero-order chi connectivity index (χ0) is 28.0. The number of hydrogen-bond donors (Lipinski definition) is 0. The van der Waals surface area contributed by atoms with Crippen LogP contribution in [0.2, 0.25) is 18.1 Å². The highest BCUT2D eigenvalue weighted by atomic mass is 28.4. The summed E-state index contributed by atoms with van der Waals surface area (Å²) >= 11 is 0. The van der Waals surface area contributed by atoms with Gasteiger partial charge in [-0.3, -0.25) is 4.79 Å². The minimum atomic E-state index is -2.45. The van der Waals surface area contributed by atoms with Gasteiger partial charge in [-0.15, -0.1) is 0 Å². The molecule has 6 nitrogen and oxygen atoms in total. The molecule has 0 unspecified atom stereocenters. The molecular weight excluding hydrogens is 499 g/mol. The topological polar surface area (TPSA) is 59.1 Å². The highest BCUT2D eigenvalue weighted by Crippen LogP contribution is 2.44. The van der Waals surface area contributed by atoms with E-state index in [1.807, 2.05) is 32.2 Å². The van der Waals surface area contributed by atoms with Gasteiger partial charge >= 0.3 is 6.09 Å². The number of carbonyl (C=O) groups excluding carboxylic acids is 2. The van der Waals surface area contributed by atoms with E-state index < -0.39 is 26.7 Å². The van der Waals surface area contributed by atoms with Crippen molar-refractivity contribution < 1.29 is 23.1 Å². The van der Waals surface area contributed by atoms with E-state index in [0.29, 0.717) is 17.7 Å². The van der Waals surface area contributed by atoms with Gasteiger partial charge in [-0.25, -0.2) is 14.1 Å². The molecule has 0 bridgehead atoms. The second-order valence-corrected chi connectivity index (χ2v) is 16.4. The monoisotopic (exact) mass is 536 g/mol. The molecule has 0 fully saturated rings. The van der Waals surface area contributed by atoms with Crippen LogP contribution in [0.5, 0.6) is 0 Å². The van der Waals surface area contributed by atoms with Gasteiger partial charge in [0.15, 0.2) is 14.5 Å². The van der Waals surface area contributed by atoms with Crippen molar-refractivity contribution in [2.45, 2.75) is 71.4 Å². The van der Waals surface area contributed by atoms with Crippen LogP contribution in [-0.2, 0) is 9.16 Å². The van der Waals surface area contributed by atoms with Crippen molar-refractivity contribution in [3.8, 4) is 0 Å². The molecule has 0 saturated carbocycles. The van der Waals surface area contributed by atoms with Gasteiger partial charge < -0.3 is 14.1 Å². The van der Waals surface area contributed by atoms with E-state index in [1.165, 1.54) is 23.1 Å². The van der Waals surface area contributed by atoms with Gasteiger partial charge in [0.25, 0.3) is 5.91 Å². The van der Waals surface area contributed by atoms with Crippen LogP contribution in [0, 0.1) is 19.7 Å². The average molecular weight is 537 g/mol. The molecule has 2 atom stereocenters. The van der Waals surface area contributed by atoms with Crippen LogP contribution < -0.4 is 4.90 Å². The summed E-state index contributed by atoms with van der Waals surface area (Å²) in [5.41, 5.74) is 4.47. The highest BCUT2D eigenvalue weighted by molar-refractivity contribution is 6.74. The molecule has 2 aromatic rings. The molecule has 2 amide bonds. The molecule has 0 aromatic heterocycles. The quantitative estimate of drug-likeness (QED) is 0.300. The fourth-order valence-corrected chi connectivity index (χ4v) is 5.80. The Morgan fingerprint density at radius 3 is 2.39 bits per heavy atom. The fraction of sp³-hybridized carbons (Fsp3) is 0.400. The summed E-state index contributed by atoms with van der Waals surface area (Å²) < 4.78 is 26.2. The van der Waals surface area contributed by atoms with Crippen LogP contribution in [0.1, 0.15) is 54.2 Å². The Morgan fingerprint density at radius 1 is 1.16 bits per heavy atom. The zero-order valence-electron chi connectivity index (χ0n) is 23.3. The van der Waals surface area contributed by atoms with Crippen LogP contribution in [0.4, 0.5) is 14.9 Å². The van der Waals surface area contributed by atoms with Crippen molar-refractivity contribution >= 4 is 31.6 Å². The van der Waals surface area contributed by atoms with E-state index in [4.69, 9.17) is 9.16 Å². The number of aryl methyl sites for hydroxylation is 2. The van der Waals surface area contributed by atoms with Crippen molar-refractivity contribution in [3.63, 3.8) is 0 Å². The maximum atomic E-state index is 14.1. The summed E-state index contributed by atoms with van der Waals surface area (Å²) in [5.74, 6) is -0.541. The lowest BCUT2D eigenvalue weighted by molar-refractivity contribution is 0.0590. The fourth-order valence-electron chi connectivity index (χ4n) is 4.58.